The Balaban J connectivity index is 1.58. The molecule has 2 N–H and O–H groups in total. The molecule has 0 fully saturated rings. The van der Waals surface area contributed by atoms with Crippen molar-refractivity contribution in [1.29, 1.82) is 0 Å². The summed E-state index contributed by atoms with van der Waals surface area (Å²) < 4.78 is 5.88. The lowest BCUT2D eigenvalue weighted by Crippen LogP contribution is -2.29. The topological polar surface area (TPSA) is 94.2 Å². The van der Waals surface area contributed by atoms with E-state index < -0.39 is 5.97 Å². The molecule has 0 saturated heterocycles. The number of carbonyl (C=O) groups is 2. The first kappa shape index (κ1) is 18.5. The number of aromatic amines is 1. The van der Waals surface area contributed by atoms with Crippen LogP contribution in [0.5, 0.6) is 5.75 Å². The van der Waals surface area contributed by atoms with Crippen LogP contribution in [0.3, 0.4) is 0 Å². The molecule has 0 bridgehead atoms. The molecular formula is C21H21N2O4-. The zero-order chi connectivity index (χ0) is 19.1. The van der Waals surface area contributed by atoms with Crippen LogP contribution in [-0.4, -0.2) is 23.4 Å². The van der Waals surface area contributed by atoms with Crippen molar-refractivity contribution < 1.29 is 19.4 Å². The molecule has 1 aromatic heterocycles. The van der Waals surface area contributed by atoms with E-state index in [1.807, 2.05) is 54.7 Å². The summed E-state index contributed by atoms with van der Waals surface area (Å²) in [4.78, 5) is 25.2. The maximum Gasteiger partial charge on any atom is 0.220 e. The summed E-state index contributed by atoms with van der Waals surface area (Å²) in [5.74, 6) is -0.721. The van der Waals surface area contributed by atoms with E-state index in [1.54, 1.807) is 0 Å². The van der Waals surface area contributed by atoms with Gasteiger partial charge in [-0.05, 0) is 42.2 Å². The lowest BCUT2D eigenvalue weighted by atomic mass is 10.1. The normalized spacial score (nSPS) is 10.7. The molecule has 6 heteroatoms. The van der Waals surface area contributed by atoms with Crippen molar-refractivity contribution in [2.45, 2.75) is 25.9 Å². The van der Waals surface area contributed by atoms with Gasteiger partial charge in [0.25, 0.3) is 0 Å². The van der Waals surface area contributed by atoms with Crippen LogP contribution in [0.1, 0.15) is 24.0 Å². The van der Waals surface area contributed by atoms with E-state index >= 15 is 0 Å². The summed E-state index contributed by atoms with van der Waals surface area (Å²) in [6.45, 7) is 0.939. The van der Waals surface area contributed by atoms with Crippen molar-refractivity contribution in [3.8, 4) is 5.75 Å². The third-order valence-electron chi connectivity index (χ3n) is 4.26. The van der Waals surface area contributed by atoms with E-state index in [0.717, 1.165) is 27.8 Å². The fourth-order valence-electron chi connectivity index (χ4n) is 2.84. The fourth-order valence-corrected chi connectivity index (χ4v) is 2.84. The fraction of sp³-hybridized carbons (Fsp3) is 0.238. The van der Waals surface area contributed by atoms with E-state index in [0.29, 0.717) is 19.6 Å². The number of benzene rings is 2. The van der Waals surface area contributed by atoms with Crippen molar-refractivity contribution in [2.24, 2.45) is 0 Å². The molecule has 2 aromatic carbocycles. The van der Waals surface area contributed by atoms with Gasteiger partial charge in [-0.3, -0.25) is 4.79 Å². The van der Waals surface area contributed by atoms with Crippen LogP contribution in [0, 0.1) is 0 Å². The number of carbonyl (C=O) groups excluding carboxylic acids is 2. The Labute approximate surface area is 157 Å². The van der Waals surface area contributed by atoms with E-state index in [1.165, 1.54) is 0 Å². The number of aliphatic carboxylic acids is 1. The number of ether oxygens (including phenoxy) is 1. The summed E-state index contributed by atoms with van der Waals surface area (Å²) in [7, 11) is 0. The Morgan fingerprint density at radius 3 is 2.67 bits per heavy atom. The molecule has 0 spiro atoms. The predicted molar refractivity (Wildman–Crippen MR) is 100 cm³/mol. The van der Waals surface area contributed by atoms with Gasteiger partial charge in [0, 0.05) is 36.0 Å². The Morgan fingerprint density at radius 2 is 1.89 bits per heavy atom. The van der Waals surface area contributed by atoms with Crippen LogP contribution < -0.4 is 15.2 Å². The van der Waals surface area contributed by atoms with Gasteiger partial charge >= 0.3 is 0 Å². The first-order chi connectivity index (χ1) is 13.1. The van der Waals surface area contributed by atoms with Gasteiger partial charge in [-0.1, -0.05) is 30.3 Å². The highest BCUT2D eigenvalue weighted by atomic mass is 16.5. The minimum absolute atomic E-state index is 0.0618. The maximum atomic E-state index is 11.6. The molecule has 0 aliphatic rings. The average molecular weight is 365 g/mol. The minimum atomic E-state index is -1.22. The van der Waals surface area contributed by atoms with Gasteiger partial charge in [-0.15, -0.1) is 0 Å². The number of hydrogen-bond acceptors (Lipinski definition) is 4. The zero-order valence-corrected chi connectivity index (χ0v) is 14.9. The molecule has 1 heterocycles. The standard InChI is InChI=1S/C21H22N2O4/c24-20(8-9-21(25)26)22-11-10-16-13-23-19-7-6-17(12-18(16)19)27-14-15-4-2-1-3-5-15/h1-7,12-13,23H,8-11,14H2,(H,22,24)(H,25,26)/p-1. The molecule has 0 atom stereocenters. The van der Waals surface area contributed by atoms with E-state index in [4.69, 9.17) is 4.74 Å². The van der Waals surface area contributed by atoms with Crippen LogP contribution >= 0.6 is 0 Å². The van der Waals surface area contributed by atoms with Crippen molar-refractivity contribution in [1.82, 2.24) is 10.3 Å². The molecule has 3 aromatic rings. The SMILES string of the molecule is O=C([O-])CCC(=O)NCCc1c[nH]c2ccc(OCc3ccccc3)cc12. The number of rotatable bonds is 9. The van der Waals surface area contributed by atoms with E-state index in [2.05, 4.69) is 10.3 Å². The number of nitrogens with one attached hydrogen (secondary N) is 2. The molecule has 0 radical (unpaired) electrons. The van der Waals surface area contributed by atoms with E-state index in [-0.39, 0.29) is 18.7 Å². The maximum absolute atomic E-state index is 11.6. The number of aromatic nitrogens is 1. The van der Waals surface area contributed by atoms with Crippen molar-refractivity contribution in [2.75, 3.05) is 6.54 Å². The second-order valence-corrected chi connectivity index (χ2v) is 6.27. The van der Waals surface area contributed by atoms with Gasteiger partial charge < -0.3 is 24.9 Å². The van der Waals surface area contributed by atoms with Gasteiger partial charge in [0.15, 0.2) is 0 Å². The molecule has 6 nitrogen and oxygen atoms in total. The highest BCUT2D eigenvalue weighted by Gasteiger charge is 2.07. The van der Waals surface area contributed by atoms with Crippen LogP contribution in [0.4, 0.5) is 0 Å². The van der Waals surface area contributed by atoms with Gasteiger partial charge in [-0.25, -0.2) is 0 Å². The van der Waals surface area contributed by atoms with Gasteiger partial charge in [0.2, 0.25) is 5.91 Å². The summed E-state index contributed by atoms with van der Waals surface area (Å²) in [5, 5.41) is 14.2. The Bertz CT molecular complexity index is 918. The largest absolute Gasteiger partial charge is 0.550 e. The lowest BCUT2D eigenvalue weighted by molar-refractivity contribution is -0.305. The number of carboxylic acid groups (broad SMARTS) is 1. The second kappa shape index (κ2) is 8.89. The van der Waals surface area contributed by atoms with E-state index in [9.17, 15) is 14.7 Å². The van der Waals surface area contributed by atoms with Crippen molar-refractivity contribution in [3.05, 3.63) is 65.9 Å². The van der Waals surface area contributed by atoms with Gasteiger partial charge in [0.05, 0.1) is 0 Å². The van der Waals surface area contributed by atoms with Crippen molar-refractivity contribution in [3.63, 3.8) is 0 Å². The summed E-state index contributed by atoms with van der Waals surface area (Å²) in [6, 6.07) is 15.8. The number of fused-ring (bicyclic) bond motifs is 1. The number of H-pyrrole nitrogens is 1. The molecule has 0 aliphatic carbocycles. The molecule has 140 valence electrons. The Hall–Kier alpha value is -3.28. The second-order valence-electron chi connectivity index (χ2n) is 6.27. The summed E-state index contributed by atoms with van der Waals surface area (Å²) in [5.41, 5.74) is 3.17. The van der Waals surface area contributed by atoms with Gasteiger partial charge in [-0.2, -0.15) is 0 Å². The van der Waals surface area contributed by atoms with Crippen LogP contribution in [0.15, 0.2) is 54.7 Å². The van der Waals surface area contributed by atoms with Gasteiger partial charge in [0.1, 0.15) is 12.4 Å². The Morgan fingerprint density at radius 1 is 1.07 bits per heavy atom. The predicted octanol–water partition coefficient (Wildman–Crippen LogP) is 1.94. The Kier molecular flexibility index (Phi) is 6.10. The minimum Gasteiger partial charge on any atom is -0.550 e. The quantitative estimate of drug-likeness (QED) is 0.606. The van der Waals surface area contributed by atoms with Crippen LogP contribution in [0.2, 0.25) is 0 Å². The first-order valence-electron chi connectivity index (χ1n) is 8.85. The first-order valence-corrected chi connectivity index (χ1v) is 8.85. The summed E-state index contributed by atoms with van der Waals surface area (Å²) in [6.07, 6.45) is 2.23. The highest BCUT2D eigenvalue weighted by Crippen LogP contribution is 2.24. The highest BCUT2D eigenvalue weighted by molar-refractivity contribution is 5.85. The average Bonchev–Trinajstić information content (AvgIpc) is 3.08. The zero-order valence-electron chi connectivity index (χ0n) is 14.9. The molecule has 0 saturated carbocycles. The number of hydrogen-bond donors (Lipinski definition) is 2. The van der Waals surface area contributed by atoms with Crippen LogP contribution in [0.25, 0.3) is 10.9 Å². The third kappa shape index (κ3) is 5.34. The van der Waals surface area contributed by atoms with Crippen molar-refractivity contribution >= 4 is 22.8 Å². The molecular weight excluding hydrogens is 344 g/mol. The smallest absolute Gasteiger partial charge is 0.220 e. The molecule has 3 rings (SSSR count). The monoisotopic (exact) mass is 365 g/mol. The number of amides is 1. The van der Waals surface area contributed by atoms with Crippen LogP contribution in [-0.2, 0) is 22.6 Å². The molecule has 0 unspecified atom stereocenters. The lowest BCUT2D eigenvalue weighted by Gasteiger charge is -2.08. The molecule has 27 heavy (non-hydrogen) atoms. The molecule has 0 aliphatic heterocycles. The molecule has 1 amide bonds. The number of carboxylic acids is 1. The third-order valence-corrected chi connectivity index (χ3v) is 4.26. The summed E-state index contributed by atoms with van der Waals surface area (Å²) >= 11 is 0.